The first-order valence-corrected chi connectivity index (χ1v) is 6.98. The maximum atomic E-state index is 6.27. The van der Waals surface area contributed by atoms with E-state index in [4.69, 9.17) is 16.3 Å². The highest BCUT2D eigenvalue weighted by Crippen LogP contribution is 2.36. The Kier molecular flexibility index (Phi) is 4.33. The summed E-state index contributed by atoms with van der Waals surface area (Å²) in [5, 5.41) is 0.313. The highest BCUT2D eigenvalue weighted by Gasteiger charge is 2.23. The molecule has 2 unspecified atom stereocenters. The zero-order valence-corrected chi connectivity index (χ0v) is 11.4. The van der Waals surface area contributed by atoms with E-state index in [9.17, 15) is 0 Å². The summed E-state index contributed by atoms with van der Waals surface area (Å²) in [6.07, 6.45) is 3.49. The minimum absolute atomic E-state index is 0.313. The van der Waals surface area contributed by atoms with Crippen LogP contribution in [0.5, 0.6) is 5.75 Å². The van der Waals surface area contributed by atoms with Crippen molar-refractivity contribution in [3.05, 3.63) is 29.8 Å². The topological polar surface area (TPSA) is 9.23 Å². The van der Waals surface area contributed by atoms with Crippen molar-refractivity contribution in [2.45, 2.75) is 44.4 Å². The van der Waals surface area contributed by atoms with E-state index in [1.54, 1.807) is 0 Å². The van der Waals surface area contributed by atoms with E-state index in [1.165, 1.54) is 18.4 Å². The van der Waals surface area contributed by atoms with Gasteiger partial charge in [-0.15, -0.1) is 11.6 Å². The summed E-state index contributed by atoms with van der Waals surface area (Å²) in [6, 6.07) is 8.38. The highest BCUT2D eigenvalue weighted by molar-refractivity contribution is 6.20. The number of hydrogen-bond acceptors (Lipinski definition) is 1. The molecule has 0 saturated carbocycles. The fourth-order valence-corrected chi connectivity index (χ4v) is 2.52. The number of para-hydroxylation sites is 1. The van der Waals surface area contributed by atoms with Crippen molar-refractivity contribution in [1.82, 2.24) is 0 Å². The molecular weight excluding hydrogens is 232 g/mol. The van der Waals surface area contributed by atoms with Crippen LogP contribution < -0.4 is 4.74 Å². The highest BCUT2D eigenvalue weighted by atomic mass is 35.5. The van der Waals surface area contributed by atoms with Gasteiger partial charge in [0.1, 0.15) is 5.75 Å². The standard InChI is InChI=1S/C15H21ClO/c1-11(2)14(16)8-5-6-12-10-17-15-9-4-3-7-13(12)15/h3-4,7,9,11-12,14H,5-6,8,10H2,1-2H3. The van der Waals surface area contributed by atoms with Gasteiger partial charge in [-0.2, -0.15) is 0 Å². The van der Waals surface area contributed by atoms with Gasteiger partial charge in [0, 0.05) is 16.9 Å². The molecule has 1 nitrogen and oxygen atoms in total. The Morgan fingerprint density at radius 1 is 1.35 bits per heavy atom. The quantitative estimate of drug-likeness (QED) is 0.696. The average Bonchev–Trinajstić information content (AvgIpc) is 2.72. The smallest absolute Gasteiger partial charge is 0.122 e. The molecule has 0 aromatic heterocycles. The van der Waals surface area contributed by atoms with E-state index in [2.05, 4.69) is 32.0 Å². The van der Waals surface area contributed by atoms with Crippen LogP contribution in [-0.2, 0) is 0 Å². The molecule has 0 radical (unpaired) electrons. The molecule has 17 heavy (non-hydrogen) atoms. The minimum atomic E-state index is 0.313. The Balaban J connectivity index is 1.82. The number of hydrogen-bond donors (Lipinski definition) is 0. The molecule has 94 valence electrons. The van der Waals surface area contributed by atoms with Crippen molar-refractivity contribution in [3.8, 4) is 5.75 Å². The molecule has 1 heterocycles. The first-order valence-electron chi connectivity index (χ1n) is 6.54. The molecule has 0 spiro atoms. The molecule has 0 fully saturated rings. The molecule has 2 rings (SSSR count). The van der Waals surface area contributed by atoms with Gasteiger partial charge in [-0.05, 0) is 24.8 Å². The number of halogens is 1. The van der Waals surface area contributed by atoms with Crippen LogP contribution in [0, 0.1) is 5.92 Å². The molecule has 1 aromatic rings. The van der Waals surface area contributed by atoms with E-state index in [-0.39, 0.29) is 0 Å². The summed E-state index contributed by atoms with van der Waals surface area (Å²) >= 11 is 6.27. The van der Waals surface area contributed by atoms with E-state index in [0.29, 0.717) is 17.2 Å². The van der Waals surface area contributed by atoms with Crippen LogP contribution in [0.25, 0.3) is 0 Å². The van der Waals surface area contributed by atoms with Gasteiger partial charge in [-0.1, -0.05) is 38.5 Å². The number of fused-ring (bicyclic) bond motifs is 1. The molecule has 2 heteroatoms. The summed E-state index contributed by atoms with van der Waals surface area (Å²) in [7, 11) is 0. The fraction of sp³-hybridized carbons (Fsp3) is 0.600. The molecule has 0 aliphatic carbocycles. The Bertz CT molecular complexity index is 362. The number of ether oxygens (including phenoxy) is 1. The maximum Gasteiger partial charge on any atom is 0.122 e. The molecule has 2 atom stereocenters. The second kappa shape index (κ2) is 5.77. The lowest BCUT2D eigenvalue weighted by atomic mass is 9.94. The van der Waals surface area contributed by atoms with E-state index >= 15 is 0 Å². The van der Waals surface area contributed by atoms with Crippen molar-refractivity contribution in [3.63, 3.8) is 0 Å². The van der Waals surface area contributed by atoms with E-state index in [0.717, 1.165) is 18.8 Å². The Morgan fingerprint density at radius 3 is 2.88 bits per heavy atom. The third-order valence-electron chi connectivity index (χ3n) is 3.55. The predicted molar refractivity (Wildman–Crippen MR) is 73.0 cm³/mol. The molecule has 1 aromatic carbocycles. The Labute approximate surface area is 109 Å². The second-order valence-electron chi connectivity index (χ2n) is 5.24. The van der Waals surface area contributed by atoms with Crippen LogP contribution in [0.3, 0.4) is 0 Å². The largest absolute Gasteiger partial charge is 0.493 e. The van der Waals surface area contributed by atoms with Gasteiger partial charge in [-0.25, -0.2) is 0 Å². The van der Waals surface area contributed by atoms with Gasteiger partial charge in [0.25, 0.3) is 0 Å². The van der Waals surface area contributed by atoms with Gasteiger partial charge < -0.3 is 4.74 Å². The zero-order chi connectivity index (χ0) is 12.3. The molecule has 1 aliphatic rings. The zero-order valence-electron chi connectivity index (χ0n) is 10.7. The van der Waals surface area contributed by atoms with Crippen LogP contribution in [0.15, 0.2) is 24.3 Å². The van der Waals surface area contributed by atoms with Crippen molar-refractivity contribution in [2.75, 3.05) is 6.61 Å². The fourth-order valence-electron chi connectivity index (χ4n) is 2.36. The lowest BCUT2D eigenvalue weighted by molar-refractivity contribution is 0.321. The number of alkyl halides is 1. The first-order chi connectivity index (χ1) is 8.18. The first kappa shape index (κ1) is 12.8. The summed E-state index contributed by atoms with van der Waals surface area (Å²) in [6.45, 7) is 5.21. The number of benzene rings is 1. The maximum absolute atomic E-state index is 6.27. The molecule has 0 amide bonds. The summed E-state index contributed by atoms with van der Waals surface area (Å²) < 4.78 is 5.68. The van der Waals surface area contributed by atoms with Crippen molar-refractivity contribution >= 4 is 11.6 Å². The Morgan fingerprint density at radius 2 is 2.12 bits per heavy atom. The number of rotatable bonds is 5. The summed E-state index contributed by atoms with van der Waals surface area (Å²) in [5.41, 5.74) is 1.38. The normalized spacial score (nSPS) is 20.1. The van der Waals surface area contributed by atoms with Crippen LogP contribution in [-0.4, -0.2) is 12.0 Å². The summed E-state index contributed by atoms with van der Waals surface area (Å²) in [4.78, 5) is 0. The van der Waals surface area contributed by atoms with Crippen LogP contribution in [0.2, 0.25) is 0 Å². The SMILES string of the molecule is CC(C)C(Cl)CCCC1COc2ccccc21. The third-order valence-corrected chi connectivity index (χ3v) is 4.28. The van der Waals surface area contributed by atoms with Gasteiger partial charge in [0.15, 0.2) is 0 Å². The minimum Gasteiger partial charge on any atom is -0.493 e. The predicted octanol–water partition coefficient (Wildman–Crippen LogP) is 4.60. The van der Waals surface area contributed by atoms with Gasteiger partial charge in [0.05, 0.1) is 6.61 Å². The van der Waals surface area contributed by atoms with E-state index < -0.39 is 0 Å². The molecular formula is C15H21ClO. The average molecular weight is 253 g/mol. The third kappa shape index (κ3) is 3.16. The van der Waals surface area contributed by atoms with Gasteiger partial charge in [-0.3, -0.25) is 0 Å². The second-order valence-corrected chi connectivity index (χ2v) is 5.80. The summed E-state index contributed by atoms with van der Waals surface area (Å²) in [5.74, 6) is 2.22. The van der Waals surface area contributed by atoms with Crippen molar-refractivity contribution in [2.24, 2.45) is 5.92 Å². The monoisotopic (exact) mass is 252 g/mol. The van der Waals surface area contributed by atoms with Gasteiger partial charge in [0.2, 0.25) is 0 Å². The molecule has 0 N–H and O–H groups in total. The lowest BCUT2D eigenvalue weighted by Crippen LogP contribution is -2.08. The van der Waals surface area contributed by atoms with Crippen LogP contribution >= 0.6 is 11.6 Å². The molecule has 1 aliphatic heterocycles. The lowest BCUT2D eigenvalue weighted by Gasteiger charge is -2.14. The van der Waals surface area contributed by atoms with Crippen LogP contribution in [0.1, 0.15) is 44.6 Å². The van der Waals surface area contributed by atoms with Gasteiger partial charge >= 0.3 is 0 Å². The molecule has 0 bridgehead atoms. The van der Waals surface area contributed by atoms with Crippen molar-refractivity contribution in [1.29, 1.82) is 0 Å². The molecule has 0 saturated heterocycles. The Hall–Kier alpha value is -0.690. The van der Waals surface area contributed by atoms with E-state index in [1.807, 2.05) is 6.07 Å². The van der Waals surface area contributed by atoms with Crippen molar-refractivity contribution < 1.29 is 4.74 Å². The van der Waals surface area contributed by atoms with Crippen LogP contribution in [0.4, 0.5) is 0 Å².